The van der Waals surface area contributed by atoms with Gasteiger partial charge in [-0.25, -0.2) is 0 Å². The van der Waals surface area contributed by atoms with Crippen LogP contribution < -0.4 is 5.32 Å². The maximum Gasteiger partial charge on any atom is 0.161 e. The highest BCUT2D eigenvalue weighted by molar-refractivity contribution is 8.14. The lowest BCUT2D eigenvalue weighted by molar-refractivity contribution is 0.393. The molecule has 1 N–H and O–H groups in total. The van der Waals surface area contributed by atoms with Crippen molar-refractivity contribution in [2.75, 3.05) is 31.2 Å². The summed E-state index contributed by atoms with van der Waals surface area (Å²) in [6.45, 7) is 3.24. The number of amidine groups is 1. The van der Waals surface area contributed by atoms with E-state index in [2.05, 4.69) is 22.3 Å². The number of aliphatic imine (C=N–C) groups is 1. The molecule has 0 spiro atoms. The number of benzene rings is 1. The van der Waals surface area contributed by atoms with Crippen molar-refractivity contribution >= 4 is 59.0 Å². The fourth-order valence-corrected chi connectivity index (χ4v) is 3.97. The molecule has 0 amide bonds. The Labute approximate surface area is 154 Å². The molecule has 3 rings (SSSR count). The molecule has 2 heterocycles. The predicted molar refractivity (Wildman–Crippen MR) is 103 cm³/mol. The highest BCUT2D eigenvalue weighted by atomic mass is 35.5. The van der Waals surface area contributed by atoms with Crippen molar-refractivity contribution < 1.29 is 0 Å². The lowest BCUT2D eigenvalue weighted by Gasteiger charge is -2.18. The van der Waals surface area contributed by atoms with E-state index in [0.717, 1.165) is 34.1 Å². The molecule has 1 unspecified atom stereocenters. The number of rotatable bonds is 3. The second-order valence-electron chi connectivity index (χ2n) is 5.60. The summed E-state index contributed by atoms with van der Waals surface area (Å²) < 4.78 is 0. The molecule has 2 aliphatic rings. The van der Waals surface area contributed by atoms with Gasteiger partial charge in [-0.2, -0.15) is 0 Å². The number of likely N-dealkylation sites (tertiary alicyclic amines) is 1. The number of nitrogens with one attached hydrogen (secondary N) is 1. The van der Waals surface area contributed by atoms with E-state index in [9.17, 15) is 0 Å². The van der Waals surface area contributed by atoms with Crippen molar-refractivity contribution in [3.63, 3.8) is 0 Å². The highest BCUT2D eigenvalue weighted by Crippen LogP contribution is 2.27. The van der Waals surface area contributed by atoms with Gasteiger partial charge in [-0.15, -0.1) is 24.8 Å². The fraction of sp³-hybridized carbons (Fsp3) is 0.533. The Balaban J connectivity index is 0.00000121. The van der Waals surface area contributed by atoms with Crippen molar-refractivity contribution in [1.82, 2.24) is 4.90 Å². The van der Waals surface area contributed by atoms with E-state index in [1.54, 1.807) is 0 Å². The number of halogens is 3. The predicted octanol–water partition coefficient (Wildman–Crippen LogP) is 4.54. The van der Waals surface area contributed by atoms with Gasteiger partial charge >= 0.3 is 0 Å². The number of hydrogen-bond acceptors (Lipinski definition) is 4. The summed E-state index contributed by atoms with van der Waals surface area (Å²) in [6, 6.07) is 5.96. The largest absolute Gasteiger partial charge is 0.335 e. The molecule has 0 bridgehead atoms. The van der Waals surface area contributed by atoms with Crippen LogP contribution in [0.4, 0.5) is 5.69 Å². The van der Waals surface area contributed by atoms with Crippen LogP contribution in [0.5, 0.6) is 0 Å². The fourth-order valence-electron chi connectivity index (χ4n) is 2.79. The highest BCUT2D eigenvalue weighted by Gasteiger charge is 2.19. The summed E-state index contributed by atoms with van der Waals surface area (Å²) in [7, 11) is 2.21. The van der Waals surface area contributed by atoms with Crippen molar-refractivity contribution in [3.05, 3.63) is 28.8 Å². The first-order valence-corrected chi connectivity index (χ1v) is 8.48. The lowest BCUT2D eigenvalue weighted by atomic mass is 10.1. The smallest absolute Gasteiger partial charge is 0.161 e. The molecule has 0 aromatic heterocycles. The molecule has 1 saturated heterocycles. The third-order valence-electron chi connectivity index (χ3n) is 3.96. The Morgan fingerprint density at radius 2 is 2.23 bits per heavy atom. The summed E-state index contributed by atoms with van der Waals surface area (Å²) in [5.41, 5.74) is 2.33. The van der Waals surface area contributed by atoms with E-state index in [1.165, 1.54) is 31.5 Å². The van der Waals surface area contributed by atoms with Gasteiger partial charge in [0.15, 0.2) is 5.17 Å². The molecule has 2 aliphatic heterocycles. The first-order valence-electron chi connectivity index (χ1n) is 7.12. The van der Waals surface area contributed by atoms with E-state index < -0.39 is 0 Å². The molecule has 1 aromatic carbocycles. The van der Waals surface area contributed by atoms with Gasteiger partial charge in [0.25, 0.3) is 0 Å². The van der Waals surface area contributed by atoms with E-state index in [-0.39, 0.29) is 24.8 Å². The molecular formula is C15H22Cl3N3S. The second kappa shape index (κ2) is 9.24. The SMILES string of the molecule is CN1CCC(CCSC2=NCc3cc(Cl)ccc3N2)C1.Cl.Cl. The normalized spacial score (nSPS) is 20.3. The number of hydrogen-bond donors (Lipinski definition) is 1. The van der Waals surface area contributed by atoms with Gasteiger partial charge in [0.05, 0.1) is 6.54 Å². The Hall–Kier alpha value is -0.130. The third kappa shape index (κ3) is 5.20. The van der Waals surface area contributed by atoms with Crippen molar-refractivity contribution in [1.29, 1.82) is 0 Å². The minimum atomic E-state index is 0. The zero-order valence-electron chi connectivity index (χ0n) is 12.5. The number of nitrogens with zero attached hydrogens (tertiary/aromatic N) is 2. The molecule has 124 valence electrons. The topological polar surface area (TPSA) is 27.6 Å². The monoisotopic (exact) mass is 381 g/mol. The minimum Gasteiger partial charge on any atom is -0.335 e. The first kappa shape index (κ1) is 19.9. The van der Waals surface area contributed by atoms with Crippen LogP contribution in [0.3, 0.4) is 0 Å². The summed E-state index contributed by atoms with van der Waals surface area (Å²) >= 11 is 7.84. The zero-order chi connectivity index (χ0) is 13.9. The molecule has 1 fully saturated rings. The molecule has 22 heavy (non-hydrogen) atoms. The van der Waals surface area contributed by atoms with Gasteiger partial charge in [-0.1, -0.05) is 23.4 Å². The molecule has 3 nitrogen and oxygen atoms in total. The van der Waals surface area contributed by atoms with Gasteiger partial charge in [-0.3, -0.25) is 4.99 Å². The molecule has 0 aliphatic carbocycles. The van der Waals surface area contributed by atoms with Gasteiger partial charge in [0.2, 0.25) is 0 Å². The van der Waals surface area contributed by atoms with E-state index >= 15 is 0 Å². The number of fused-ring (bicyclic) bond motifs is 1. The van der Waals surface area contributed by atoms with Crippen LogP contribution in [0.2, 0.25) is 5.02 Å². The molecule has 1 aromatic rings. The average Bonchev–Trinajstić information content (AvgIpc) is 2.85. The van der Waals surface area contributed by atoms with E-state index in [0.29, 0.717) is 0 Å². The summed E-state index contributed by atoms with van der Waals surface area (Å²) in [5, 5.41) is 5.23. The van der Waals surface area contributed by atoms with Crippen molar-refractivity contribution in [2.45, 2.75) is 19.4 Å². The van der Waals surface area contributed by atoms with Crippen LogP contribution in [0.1, 0.15) is 18.4 Å². The molecule has 1 atom stereocenters. The minimum absolute atomic E-state index is 0. The van der Waals surface area contributed by atoms with Gasteiger partial charge in [-0.05, 0) is 56.1 Å². The average molecular weight is 383 g/mol. The van der Waals surface area contributed by atoms with Crippen molar-refractivity contribution in [3.8, 4) is 0 Å². The van der Waals surface area contributed by atoms with Crippen LogP contribution >= 0.6 is 48.2 Å². The maximum atomic E-state index is 6.00. The van der Waals surface area contributed by atoms with E-state index in [1.807, 2.05) is 30.0 Å². The quantitative estimate of drug-likeness (QED) is 0.831. The van der Waals surface area contributed by atoms with Crippen LogP contribution in [0.25, 0.3) is 0 Å². The Bertz CT molecular complexity index is 525. The standard InChI is InChI=1S/C15H20ClN3S.2ClH/c1-19-6-4-11(10-19)5-7-20-15-17-9-12-8-13(16)2-3-14(12)18-15;;/h2-3,8,11H,4-7,9-10H2,1H3,(H,17,18);2*1H. The maximum absolute atomic E-state index is 6.00. The molecule has 0 radical (unpaired) electrons. The van der Waals surface area contributed by atoms with Crippen LogP contribution in [0.15, 0.2) is 23.2 Å². The molecule has 0 saturated carbocycles. The number of thioether (sulfide) groups is 1. The number of anilines is 1. The van der Waals surface area contributed by atoms with Gasteiger partial charge in [0.1, 0.15) is 0 Å². The zero-order valence-corrected chi connectivity index (χ0v) is 15.8. The van der Waals surface area contributed by atoms with Gasteiger partial charge < -0.3 is 10.2 Å². The summed E-state index contributed by atoms with van der Waals surface area (Å²) in [4.78, 5) is 7.01. The first-order chi connectivity index (χ1) is 9.70. The molecular weight excluding hydrogens is 361 g/mol. The summed E-state index contributed by atoms with van der Waals surface area (Å²) in [5.74, 6) is 2.01. The van der Waals surface area contributed by atoms with Crippen LogP contribution in [-0.2, 0) is 6.54 Å². The van der Waals surface area contributed by atoms with Gasteiger partial charge in [0, 0.05) is 23.0 Å². The van der Waals surface area contributed by atoms with Crippen LogP contribution in [0, 0.1) is 5.92 Å². The molecule has 7 heteroatoms. The van der Waals surface area contributed by atoms with Crippen LogP contribution in [-0.4, -0.2) is 36.0 Å². The van der Waals surface area contributed by atoms with E-state index in [4.69, 9.17) is 11.6 Å². The lowest BCUT2D eigenvalue weighted by Crippen LogP contribution is -2.16. The van der Waals surface area contributed by atoms with Crippen molar-refractivity contribution in [2.24, 2.45) is 10.9 Å². The Morgan fingerprint density at radius 3 is 2.95 bits per heavy atom. The third-order valence-corrected chi connectivity index (χ3v) is 5.14. The Kier molecular flexibility index (Phi) is 8.36. The second-order valence-corrected chi connectivity index (χ2v) is 7.12. The Morgan fingerprint density at radius 1 is 1.41 bits per heavy atom. The summed E-state index contributed by atoms with van der Waals surface area (Å²) in [6.07, 6.45) is 2.63.